The van der Waals surface area contributed by atoms with E-state index in [2.05, 4.69) is 48.4 Å². The van der Waals surface area contributed by atoms with Gasteiger partial charge in [-0.3, -0.25) is 9.59 Å². The van der Waals surface area contributed by atoms with Crippen LogP contribution < -0.4 is 19.1 Å². The summed E-state index contributed by atoms with van der Waals surface area (Å²) in [5, 5.41) is 3.48. The number of carbonyl (C=O) groups excluding carboxylic acids is 2. The molecule has 0 unspecified atom stereocenters. The van der Waals surface area contributed by atoms with Gasteiger partial charge in [-0.15, -0.1) is 0 Å². The van der Waals surface area contributed by atoms with Crippen LogP contribution in [0.2, 0.25) is 0 Å². The molecule has 0 radical (unpaired) electrons. The van der Waals surface area contributed by atoms with Crippen molar-refractivity contribution >= 4 is 56.4 Å². The fourth-order valence-corrected chi connectivity index (χ4v) is 5.93. The monoisotopic (exact) mass is 562 g/mol. The third-order valence-electron chi connectivity index (χ3n) is 6.08. The molecule has 0 aliphatic carbocycles. The van der Waals surface area contributed by atoms with Crippen LogP contribution in [0.1, 0.15) is 36.5 Å². The quantitative estimate of drug-likeness (QED) is 0.403. The normalized spacial score (nSPS) is 17.5. The Balaban J connectivity index is 1.16. The van der Waals surface area contributed by atoms with Crippen molar-refractivity contribution in [2.75, 3.05) is 16.2 Å². The first-order valence-electron chi connectivity index (χ1n) is 12.2. The zero-order valence-corrected chi connectivity index (χ0v) is 22.9. The molecular weight excluding hydrogens is 536 g/mol. The number of carbonyl (C=O) groups is 2. The average molecular weight is 563 g/mol. The lowest BCUT2D eigenvalue weighted by Gasteiger charge is -2.15. The number of benzene rings is 3. The van der Waals surface area contributed by atoms with Gasteiger partial charge in [0.15, 0.2) is 5.17 Å². The summed E-state index contributed by atoms with van der Waals surface area (Å²) >= 11 is 1.21. The van der Waals surface area contributed by atoms with Gasteiger partial charge in [0.2, 0.25) is 0 Å². The highest BCUT2D eigenvalue weighted by molar-refractivity contribution is 8.18. The number of rotatable bonds is 7. The number of ether oxygens (including phenoxy) is 1. The van der Waals surface area contributed by atoms with E-state index in [-0.39, 0.29) is 12.5 Å². The Bertz CT molecular complexity index is 1560. The SMILES string of the molecule is CC(C)c1ccc(COc2ccc(/C=C3\SC(Nc4ccc(N5CC(=O)NS5(=O)=O)cc4)=NC3=O)cc2)cc1. The number of anilines is 2. The Morgan fingerprint density at radius 1 is 1.03 bits per heavy atom. The first-order valence-corrected chi connectivity index (χ1v) is 14.5. The van der Waals surface area contributed by atoms with Crippen LogP contribution in [-0.4, -0.2) is 31.9 Å². The summed E-state index contributed by atoms with van der Waals surface area (Å²) in [6.45, 7) is 4.54. The summed E-state index contributed by atoms with van der Waals surface area (Å²) in [7, 11) is -3.87. The van der Waals surface area contributed by atoms with Crippen LogP contribution in [0.4, 0.5) is 11.4 Å². The molecule has 0 spiro atoms. The molecule has 11 heteroatoms. The van der Waals surface area contributed by atoms with Gasteiger partial charge in [0.1, 0.15) is 18.9 Å². The Morgan fingerprint density at radius 2 is 1.72 bits per heavy atom. The van der Waals surface area contributed by atoms with Crippen LogP contribution >= 0.6 is 11.8 Å². The Morgan fingerprint density at radius 3 is 2.33 bits per heavy atom. The van der Waals surface area contributed by atoms with Gasteiger partial charge in [-0.05, 0) is 76.8 Å². The van der Waals surface area contributed by atoms with Crippen LogP contribution in [-0.2, 0) is 26.4 Å². The lowest BCUT2D eigenvalue weighted by molar-refractivity contribution is -0.117. The first-order chi connectivity index (χ1) is 18.7. The van der Waals surface area contributed by atoms with Crippen molar-refractivity contribution in [3.8, 4) is 5.75 Å². The van der Waals surface area contributed by atoms with Crippen molar-refractivity contribution in [3.63, 3.8) is 0 Å². The summed E-state index contributed by atoms with van der Waals surface area (Å²) in [4.78, 5) is 28.4. The van der Waals surface area contributed by atoms with Gasteiger partial charge < -0.3 is 10.1 Å². The molecule has 9 nitrogen and oxygen atoms in total. The van der Waals surface area contributed by atoms with E-state index in [0.717, 1.165) is 21.2 Å². The Labute approximate surface area is 231 Å². The summed E-state index contributed by atoms with van der Waals surface area (Å²) in [6, 6.07) is 22.3. The maximum absolute atomic E-state index is 12.4. The van der Waals surface area contributed by atoms with E-state index in [4.69, 9.17) is 4.74 Å². The third-order valence-corrected chi connectivity index (χ3v) is 8.38. The van der Waals surface area contributed by atoms with Crippen molar-refractivity contribution in [2.45, 2.75) is 26.4 Å². The van der Waals surface area contributed by atoms with E-state index < -0.39 is 16.1 Å². The molecule has 2 N–H and O–H groups in total. The predicted octanol–water partition coefficient (Wildman–Crippen LogP) is 4.65. The van der Waals surface area contributed by atoms with E-state index in [9.17, 15) is 18.0 Å². The lowest BCUT2D eigenvalue weighted by Crippen LogP contribution is -2.29. The molecule has 3 aromatic carbocycles. The molecule has 1 saturated heterocycles. The molecule has 200 valence electrons. The molecule has 2 heterocycles. The highest BCUT2D eigenvalue weighted by atomic mass is 32.2. The number of nitrogens with one attached hydrogen (secondary N) is 2. The second-order valence-electron chi connectivity index (χ2n) is 9.30. The second kappa shape index (κ2) is 11.0. The summed E-state index contributed by atoms with van der Waals surface area (Å²) in [6.07, 6.45) is 1.77. The van der Waals surface area contributed by atoms with E-state index in [0.29, 0.717) is 34.0 Å². The van der Waals surface area contributed by atoms with Gasteiger partial charge in [0, 0.05) is 5.69 Å². The fraction of sp³-hybridized carbons (Fsp3) is 0.179. The third kappa shape index (κ3) is 6.32. The topological polar surface area (TPSA) is 117 Å². The van der Waals surface area contributed by atoms with Crippen molar-refractivity contribution in [1.82, 2.24) is 4.72 Å². The first kappa shape index (κ1) is 26.5. The molecular formula is C28H26N4O5S2. The fourth-order valence-electron chi connectivity index (χ4n) is 3.95. The Kier molecular flexibility index (Phi) is 7.45. The van der Waals surface area contributed by atoms with E-state index in [1.54, 1.807) is 30.3 Å². The van der Waals surface area contributed by atoms with Gasteiger partial charge >= 0.3 is 10.2 Å². The summed E-state index contributed by atoms with van der Waals surface area (Å²) < 4.78 is 32.8. The molecule has 0 aromatic heterocycles. The molecule has 3 aromatic rings. The molecule has 2 aliphatic heterocycles. The van der Waals surface area contributed by atoms with Crippen LogP contribution in [0, 0.1) is 0 Å². The van der Waals surface area contributed by atoms with E-state index in [1.165, 1.54) is 17.3 Å². The molecule has 2 aliphatic rings. The minimum absolute atomic E-state index is 0.264. The molecule has 0 atom stereocenters. The standard InChI is InChI=1S/C28H26N4O5S2/c1-18(2)21-7-3-20(4-8-21)17-37-24-13-5-19(6-14-24)15-25-27(34)30-28(38-25)29-22-9-11-23(12-10-22)32-16-26(33)31-39(32,35)36/h3-15,18H,16-17H2,1-2H3,(H,31,33)(H,29,30,34)/b25-15-. The van der Waals surface area contributed by atoms with Crippen molar-refractivity contribution in [3.05, 3.63) is 94.4 Å². The highest BCUT2D eigenvalue weighted by Gasteiger charge is 2.33. The lowest BCUT2D eigenvalue weighted by atomic mass is 10.0. The minimum atomic E-state index is -3.87. The zero-order valence-electron chi connectivity index (χ0n) is 21.2. The van der Waals surface area contributed by atoms with Crippen molar-refractivity contribution in [2.24, 2.45) is 4.99 Å². The predicted molar refractivity (Wildman–Crippen MR) is 154 cm³/mol. The molecule has 0 saturated carbocycles. The number of hydrogen-bond donors (Lipinski definition) is 2. The molecule has 1 fully saturated rings. The maximum atomic E-state index is 12.4. The number of nitrogens with zero attached hydrogens (tertiary/aromatic N) is 2. The van der Waals surface area contributed by atoms with Gasteiger partial charge in [-0.25, -0.2) is 9.03 Å². The van der Waals surface area contributed by atoms with E-state index in [1.807, 2.05) is 29.0 Å². The van der Waals surface area contributed by atoms with Crippen LogP contribution in [0.5, 0.6) is 5.75 Å². The van der Waals surface area contributed by atoms with Crippen LogP contribution in [0.15, 0.2) is 82.7 Å². The van der Waals surface area contributed by atoms with Gasteiger partial charge in [0.05, 0.1) is 10.6 Å². The van der Waals surface area contributed by atoms with Crippen molar-refractivity contribution in [1.29, 1.82) is 0 Å². The van der Waals surface area contributed by atoms with E-state index >= 15 is 0 Å². The zero-order chi connectivity index (χ0) is 27.6. The Hall–Kier alpha value is -4.09. The average Bonchev–Trinajstić information content (AvgIpc) is 3.39. The maximum Gasteiger partial charge on any atom is 0.326 e. The second-order valence-corrected chi connectivity index (χ2v) is 11.9. The molecule has 5 rings (SSSR count). The summed E-state index contributed by atoms with van der Waals surface area (Å²) in [5.74, 6) is 0.294. The van der Waals surface area contributed by atoms with Gasteiger partial charge in [-0.2, -0.15) is 13.4 Å². The molecule has 2 amide bonds. The number of amides is 2. The highest BCUT2D eigenvalue weighted by Crippen LogP contribution is 2.30. The molecule has 39 heavy (non-hydrogen) atoms. The van der Waals surface area contributed by atoms with Gasteiger partial charge in [0.25, 0.3) is 11.8 Å². The molecule has 0 bridgehead atoms. The van der Waals surface area contributed by atoms with Crippen LogP contribution in [0.3, 0.4) is 0 Å². The number of thioether (sulfide) groups is 1. The number of aliphatic imine (C=N–C) groups is 1. The minimum Gasteiger partial charge on any atom is -0.489 e. The van der Waals surface area contributed by atoms with Crippen molar-refractivity contribution < 1.29 is 22.7 Å². The number of hydrogen-bond acceptors (Lipinski definition) is 7. The van der Waals surface area contributed by atoms with Gasteiger partial charge in [-0.1, -0.05) is 50.2 Å². The van der Waals surface area contributed by atoms with Crippen LogP contribution in [0.25, 0.3) is 6.08 Å². The number of amidine groups is 1. The largest absolute Gasteiger partial charge is 0.489 e. The summed E-state index contributed by atoms with van der Waals surface area (Å²) in [5.41, 5.74) is 4.21. The smallest absolute Gasteiger partial charge is 0.326 e.